The van der Waals surface area contributed by atoms with Crippen molar-refractivity contribution in [3.63, 3.8) is 0 Å². The minimum atomic E-state index is -0.180. The number of nitrogens with zero attached hydrogens (tertiary/aromatic N) is 2. The Morgan fingerprint density at radius 1 is 1.11 bits per heavy atom. The molecule has 0 fully saturated rings. The number of rotatable bonds is 7. The molecule has 0 unspecified atom stereocenters. The number of ether oxygens (including phenoxy) is 2. The summed E-state index contributed by atoms with van der Waals surface area (Å²) in [5.74, 6) is 2.07. The van der Waals surface area contributed by atoms with E-state index in [4.69, 9.17) is 9.47 Å². The van der Waals surface area contributed by atoms with E-state index in [1.807, 2.05) is 36.2 Å². The summed E-state index contributed by atoms with van der Waals surface area (Å²) < 4.78 is 24.4. The molecular weight excluding hydrogens is 460 g/mol. The van der Waals surface area contributed by atoms with Gasteiger partial charge >= 0.3 is 0 Å². The molecule has 7 heteroatoms. The third-order valence-electron chi connectivity index (χ3n) is 4.11. The van der Waals surface area contributed by atoms with E-state index in [0.29, 0.717) is 25.1 Å². The molecule has 0 amide bonds. The Kier molecular flexibility index (Phi) is 9.92. The summed E-state index contributed by atoms with van der Waals surface area (Å²) in [4.78, 5) is 6.29. The highest BCUT2D eigenvalue weighted by Gasteiger charge is 2.11. The molecule has 0 atom stereocenters. The highest BCUT2D eigenvalue weighted by Crippen LogP contribution is 2.25. The Morgan fingerprint density at radius 2 is 1.85 bits per heavy atom. The van der Waals surface area contributed by atoms with Gasteiger partial charge in [-0.3, -0.25) is 4.99 Å². The maximum atomic E-state index is 13.7. The number of hydrogen-bond acceptors (Lipinski definition) is 3. The second kappa shape index (κ2) is 11.6. The van der Waals surface area contributed by atoms with Crippen LogP contribution in [0.15, 0.2) is 47.5 Å². The quantitative estimate of drug-likeness (QED) is 0.368. The fraction of sp³-hybridized carbons (Fsp3) is 0.350. The zero-order valence-corrected chi connectivity index (χ0v) is 18.5. The van der Waals surface area contributed by atoms with Crippen LogP contribution in [-0.2, 0) is 13.0 Å². The fourth-order valence-electron chi connectivity index (χ4n) is 2.71. The van der Waals surface area contributed by atoms with Crippen LogP contribution in [0.1, 0.15) is 11.1 Å². The highest BCUT2D eigenvalue weighted by molar-refractivity contribution is 14.0. The van der Waals surface area contributed by atoms with E-state index < -0.39 is 0 Å². The summed E-state index contributed by atoms with van der Waals surface area (Å²) in [6.07, 6.45) is 0.589. The summed E-state index contributed by atoms with van der Waals surface area (Å²) in [6.45, 7) is 1.21. The molecule has 0 aliphatic rings. The highest BCUT2D eigenvalue weighted by atomic mass is 127. The molecule has 2 aromatic carbocycles. The first-order chi connectivity index (χ1) is 12.6. The van der Waals surface area contributed by atoms with Crippen LogP contribution in [0.5, 0.6) is 11.5 Å². The van der Waals surface area contributed by atoms with Gasteiger partial charge in [-0.2, -0.15) is 0 Å². The first kappa shape index (κ1) is 23.0. The molecule has 5 nitrogen and oxygen atoms in total. The van der Waals surface area contributed by atoms with E-state index in [9.17, 15) is 4.39 Å². The maximum absolute atomic E-state index is 13.7. The SMILES string of the molecule is CN=C(NCCc1ccccc1F)N(C)Cc1ccc(OC)cc1OC.I. The molecule has 0 saturated heterocycles. The number of methoxy groups -OCH3 is 2. The van der Waals surface area contributed by atoms with Gasteiger partial charge in [-0.1, -0.05) is 18.2 Å². The molecule has 27 heavy (non-hydrogen) atoms. The first-order valence-corrected chi connectivity index (χ1v) is 8.45. The maximum Gasteiger partial charge on any atom is 0.193 e. The second-order valence-corrected chi connectivity index (χ2v) is 5.85. The van der Waals surface area contributed by atoms with E-state index in [-0.39, 0.29) is 29.8 Å². The number of aliphatic imine (C=N–C) groups is 1. The molecule has 0 aliphatic heterocycles. The van der Waals surface area contributed by atoms with Crippen molar-refractivity contribution in [3.8, 4) is 11.5 Å². The van der Waals surface area contributed by atoms with E-state index in [1.54, 1.807) is 33.4 Å². The van der Waals surface area contributed by atoms with Gasteiger partial charge in [0, 0.05) is 38.8 Å². The van der Waals surface area contributed by atoms with Crippen LogP contribution in [0.25, 0.3) is 0 Å². The topological polar surface area (TPSA) is 46.1 Å². The average molecular weight is 487 g/mol. The Hall–Kier alpha value is -2.03. The third kappa shape index (κ3) is 6.57. The lowest BCUT2D eigenvalue weighted by atomic mass is 10.1. The lowest BCUT2D eigenvalue weighted by Crippen LogP contribution is -2.39. The standard InChI is InChI=1S/C20H26FN3O2.HI/c1-22-20(23-12-11-15-7-5-6-8-18(15)21)24(2)14-16-9-10-17(25-3)13-19(16)26-4;/h5-10,13H,11-12,14H2,1-4H3,(H,22,23);1H. The molecule has 2 aromatic rings. The van der Waals surface area contributed by atoms with Crippen LogP contribution >= 0.6 is 24.0 Å². The van der Waals surface area contributed by atoms with Crippen molar-refractivity contribution in [2.24, 2.45) is 4.99 Å². The van der Waals surface area contributed by atoms with Gasteiger partial charge in [-0.05, 0) is 30.2 Å². The van der Waals surface area contributed by atoms with Crippen molar-refractivity contribution in [2.75, 3.05) is 34.9 Å². The van der Waals surface area contributed by atoms with Crippen molar-refractivity contribution in [1.82, 2.24) is 10.2 Å². The summed E-state index contributed by atoms with van der Waals surface area (Å²) in [5, 5.41) is 3.27. The molecule has 148 valence electrons. The molecule has 0 bridgehead atoms. The van der Waals surface area contributed by atoms with Crippen molar-refractivity contribution in [2.45, 2.75) is 13.0 Å². The Balaban J connectivity index is 0.00000364. The lowest BCUT2D eigenvalue weighted by Gasteiger charge is -2.23. The van der Waals surface area contributed by atoms with Crippen molar-refractivity contribution in [1.29, 1.82) is 0 Å². The number of halogens is 2. The predicted octanol–water partition coefficient (Wildman–Crippen LogP) is 3.71. The summed E-state index contributed by atoms with van der Waals surface area (Å²) in [6, 6.07) is 12.5. The number of hydrogen-bond donors (Lipinski definition) is 1. The fourth-order valence-corrected chi connectivity index (χ4v) is 2.71. The second-order valence-electron chi connectivity index (χ2n) is 5.85. The van der Waals surface area contributed by atoms with Gasteiger partial charge in [0.05, 0.1) is 14.2 Å². The molecular formula is C20H27FIN3O2. The van der Waals surface area contributed by atoms with Crippen LogP contribution in [-0.4, -0.2) is 45.7 Å². The zero-order valence-electron chi connectivity index (χ0n) is 16.2. The first-order valence-electron chi connectivity index (χ1n) is 8.45. The summed E-state index contributed by atoms with van der Waals surface area (Å²) in [7, 11) is 6.94. The molecule has 0 aliphatic carbocycles. The van der Waals surface area contributed by atoms with Gasteiger partial charge in [-0.15, -0.1) is 24.0 Å². The third-order valence-corrected chi connectivity index (χ3v) is 4.11. The predicted molar refractivity (Wildman–Crippen MR) is 118 cm³/mol. The van der Waals surface area contributed by atoms with Crippen LogP contribution < -0.4 is 14.8 Å². The van der Waals surface area contributed by atoms with Gasteiger partial charge in [0.1, 0.15) is 17.3 Å². The van der Waals surface area contributed by atoms with E-state index in [0.717, 1.165) is 23.0 Å². The van der Waals surface area contributed by atoms with E-state index in [2.05, 4.69) is 10.3 Å². The molecule has 0 spiro atoms. The minimum absolute atomic E-state index is 0. The molecule has 0 aromatic heterocycles. The van der Waals surface area contributed by atoms with Crippen LogP contribution in [0.3, 0.4) is 0 Å². The normalized spacial score (nSPS) is 10.8. The summed E-state index contributed by atoms with van der Waals surface area (Å²) in [5.41, 5.74) is 1.71. The Bertz CT molecular complexity index is 756. The van der Waals surface area contributed by atoms with Gasteiger partial charge < -0.3 is 19.7 Å². The van der Waals surface area contributed by atoms with E-state index >= 15 is 0 Å². The van der Waals surface area contributed by atoms with Crippen molar-refractivity contribution < 1.29 is 13.9 Å². The van der Waals surface area contributed by atoms with Crippen LogP contribution in [0.4, 0.5) is 4.39 Å². The van der Waals surface area contributed by atoms with Crippen molar-refractivity contribution >= 4 is 29.9 Å². The van der Waals surface area contributed by atoms with Gasteiger partial charge in [0.2, 0.25) is 0 Å². The van der Waals surface area contributed by atoms with Crippen LogP contribution in [0.2, 0.25) is 0 Å². The van der Waals surface area contributed by atoms with E-state index in [1.165, 1.54) is 6.07 Å². The number of benzene rings is 2. The van der Waals surface area contributed by atoms with Crippen LogP contribution in [0, 0.1) is 5.82 Å². The lowest BCUT2D eigenvalue weighted by molar-refractivity contribution is 0.382. The largest absolute Gasteiger partial charge is 0.497 e. The molecule has 2 rings (SSSR count). The average Bonchev–Trinajstić information content (AvgIpc) is 2.66. The molecule has 0 radical (unpaired) electrons. The Morgan fingerprint density at radius 3 is 2.48 bits per heavy atom. The molecule has 1 N–H and O–H groups in total. The smallest absolute Gasteiger partial charge is 0.193 e. The number of guanidine groups is 1. The minimum Gasteiger partial charge on any atom is -0.497 e. The van der Waals surface area contributed by atoms with Gasteiger partial charge in [0.25, 0.3) is 0 Å². The van der Waals surface area contributed by atoms with Gasteiger partial charge in [0.15, 0.2) is 5.96 Å². The number of nitrogens with one attached hydrogen (secondary N) is 1. The monoisotopic (exact) mass is 487 g/mol. The zero-order chi connectivity index (χ0) is 18.9. The van der Waals surface area contributed by atoms with Gasteiger partial charge in [-0.25, -0.2) is 4.39 Å². The molecule has 0 heterocycles. The van der Waals surface area contributed by atoms with Crippen molar-refractivity contribution in [3.05, 3.63) is 59.4 Å². The molecule has 0 saturated carbocycles. The Labute approximate surface area is 177 Å². The summed E-state index contributed by atoms with van der Waals surface area (Å²) >= 11 is 0.